The van der Waals surface area contributed by atoms with Gasteiger partial charge in [-0.3, -0.25) is 4.79 Å². The Labute approximate surface area is 304 Å². The van der Waals surface area contributed by atoms with Crippen molar-refractivity contribution in [3.63, 3.8) is 0 Å². The van der Waals surface area contributed by atoms with E-state index in [-0.39, 0.29) is 30.9 Å². The number of nitrogens with zero attached hydrogens (tertiary/aromatic N) is 2. The van der Waals surface area contributed by atoms with Gasteiger partial charge in [0.05, 0.1) is 35.9 Å². The van der Waals surface area contributed by atoms with Crippen LogP contribution in [-0.4, -0.2) is 149 Å². The van der Waals surface area contributed by atoms with E-state index in [1.165, 1.54) is 14.0 Å². The summed E-state index contributed by atoms with van der Waals surface area (Å²) >= 11 is 0. The van der Waals surface area contributed by atoms with Crippen molar-refractivity contribution >= 4 is 11.9 Å². The Morgan fingerprint density at radius 1 is 0.961 bits per heavy atom. The van der Waals surface area contributed by atoms with E-state index in [0.29, 0.717) is 18.7 Å². The van der Waals surface area contributed by atoms with Crippen LogP contribution in [0.4, 0.5) is 0 Å². The molecule has 0 amide bonds. The standard InChI is InChI=1S/C37H66N2O12/c1-14-25-37(10,44)29(41)22(6)38-32-18(2)16-36(9,51-32)31(50-34-27(40)24(39(11)12)15-19(3)46-34)20(4)28(21(5)33(43)48-25)49-26-17-35(8,45-13)30(42)23(7)47-26/h18-31,34,40-42,44H,14-17H2,1-13H3/t18-,19-,20+,21-,22-,23+,24+,25-,26+,27-,28+,29-,30+,31-,34+,35-,36+,37-/m1/s1. The number of cyclic esters (lactones) is 1. The summed E-state index contributed by atoms with van der Waals surface area (Å²) in [6, 6.07) is -1.04. The number of likely N-dealkylation sites (N-methyl/N-ethyl adjacent to an activating group) is 1. The Kier molecular flexibility index (Phi) is 13.4. The molecular weight excluding hydrogens is 664 g/mol. The Morgan fingerprint density at radius 2 is 1.61 bits per heavy atom. The molecule has 14 nitrogen and oxygen atoms in total. The first-order chi connectivity index (χ1) is 23.6. The average molecular weight is 731 g/mol. The summed E-state index contributed by atoms with van der Waals surface area (Å²) in [5, 5.41) is 45.5. The minimum atomic E-state index is -1.84. The van der Waals surface area contributed by atoms with Crippen LogP contribution in [0.5, 0.6) is 0 Å². The van der Waals surface area contributed by atoms with Gasteiger partial charge in [-0.1, -0.05) is 20.8 Å². The van der Waals surface area contributed by atoms with Crippen LogP contribution in [0.3, 0.4) is 0 Å². The Morgan fingerprint density at radius 3 is 2.20 bits per heavy atom. The van der Waals surface area contributed by atoms with Gasteiger partial charge in [-0.15, -0.1) is 0 Å². The number of hydrogen-bond donors (Lipinski definition) is 4. The van der Waals surface area contributed by atoms with E-state index >= 15 is 0 Å². The van der Waals surface area contributed by atoms with Crippen LogP contribution >= 0.6 is 0 Å². The quantitative estimate of drug-likeness (QED) is 0.281. The molecule has 3 saturated heterocycles. The molecule has 51 heavy (non-hydrogen) atoms. The number of hydrogen-bond acceptors (Lipinski definition) is 14. The first-order valence-electron chi connectivity index (χ1n) is 18.7. The Hall–Kier alpha value is -1.46. The van der Waals surface area contributed by atoms with Gasteiger partial charge in [0, 0.05) is 37.8 Å². The first kappa shape index (κ1) is 42.3. The van der Waals surface area contributed by atoms with E-state index in [1.807, 2.05) is 46.7 Å². The van der Waals surface area contributed by atoms with Gasteiger partial charge in [0.2, 0.25) is 0 Å². The maximum absolute atomic E-state index is 14.2. The number of carbonyl (C=O) groups excluding carboxylic acids is 1. The molecule has 0 aromatic carbocycles. The van der Waals surface area contributed by atoms with Gasteiger partial charge in [0.15, 0.2) is 18.5 Å². The molecule has 0 unspecified atom stereocenters. The summed E-state index contributed by atoms with van der Waals surface area (Å²) in [6.45, 7) is 17.8. The lowest BCUT2D eigenvalue weighted by Crippen LogP contribution is -2.60. The second-order valence-electron chi connectivity index (χ2n) is 16.5. The predicted octanol–water partition coefficient (Wildman–Crippen LogP) is 2.41. The third kappa shape index (κ3) is 8.60. The molecular formula is C37H66N2O12. The summed E-state index contributed by atoms with van der Waals surface area (Å²) in [7, 11) is 5.33. The largest absolute Gasteiger partial charge is 0.472 e. The lowest BCUT2D eigenvalue weighted by atomic mass is 9.79. The van der Waals surface area contributed by atoms with E-state index in [1.54, 1.807) is 34.6 Å². The highest BCUT2D eigenvalue weighted by Gasteiger charge is 2.56. The van der Waals surface area contributed by atoms with E-state index in [9.17, 15) is 25.2 Å². The summed E-state index contributed by atoms with van der Waals surface area (Å²) < 4.78 is 44.5. The summed E-state index contributed by atoms with van der Waals surface area (Å²) in [5.74, 6) is -2.03. The molecule has 0 aromatic heterocycles. The van der Waals surface area contributed by atoms with Crippen LogP contribution in [0.15, 0.2) is 4.99 Å². The van der Waals surface area contributed by atoms with Crippen LogP contribution in [-0.2, 0) is 38.0 Å². The smallest absolute Gasteiger partial charge is 0.311 e. The fourth-order valence-corrected chi connectivity index (χ4v) is 8.61. The van der Waals surface area contributed by atoms with Gasteiger partial charge in [-0.05, 0) is 75.4 Å². The molecule has 4 heterocycles. The molecule has 0 saturated carbocycles. The van der Waals surface area contributed by atoms with Crippen LogP contribution in [0, 0.1) is 17.8 Å². The summed E-state index contributed by atoms with van der Waals surface area (Å²) in [6.07, 6.45) is -7.53. The molecule has 4 N–H and O–H groups in total. The second-order valence-corrected chi connectivity index (χ2v) is 16.5. The van der Waals surface area contributed by atoms with Crippen molar-refractivity contribution in [2.24, 2.45) is 22.7 Å². The number of aliphatic imine (C=N–C) groups is 1. The lowest BCUT2D eigenvalue weighted by molar-refractivity contribution is -0.315. The van der Waals surface area contributed by atoms with Gasteiger partial charge >= 0.3 is 5.97 Å². The number of rotatable bonds is 7. The molecule has 4 aliphatic rings. The van der Waals surface area contributed by atoms with Crippen LogP contribution in [0.1, 0.15) is 94.9 Å². The number of fused-ring (bicyclic) bond motifs is 2. The fourth-order valence-electron chi connectivity index (χ4n) is 8.61. The molecule has 0 radical (unpaired) electrons. The van der Waals surface area contributed by atoms with E-state index in [2.05, 4.69) is 0 Å². The van der Waals surface area contributed by atoms with Crippen molar-refractivity contribution in [2.45, 2.75) is 185 Å². The molecule has 4 aliphatic heterocycles. The number of aliphatic hydroxyl groups excluding tert-OH is 3. The van der Waals surface area contributed by atoms with Crippen molar-refractivity contribution in [1.82, 2.24) is 4.90 Å². The third-order valence-electron chi connectivity index (χ3n) is 11.9. The van der Waals surface area contributed by atoms with Crippen molar-refractivity contribution in [3.05, 3.63) is 0 Å². The molecule has 0 aliphatic carbocycles. The zero-order valence-corrected chi connectivity index (χ0v) is 32.9. The molecule has 18 atom stereocenters. The van der Waals surface area contributed by atoms with Gasteiger partial charge in [0.1, 0.15) is 41.7 Å². The number of ether oxygens (including phenoxy) is 7. The molecule has 14 heteroatoms. The zero-order valence-electron chi connectivity index (χ0n) is 32.9. The SMILES string of the molecule is CC[C@H]1OC(=O)[C@H](C)[C@@H](O[C@H]2C[C@@](C)(OC)[C@@H](O)[C@H](C)O2)[C@H](C)[C@@H](O[C@@H]2O[C@H](C)C[C@H](N(C)C)[C@H]2O)[C@]2(C)C[C@@H](C)C(=N[C@H](C)[C@@H](O)[C@]1(C)O)O2. The normalized spacial score (nSPS) is 50.3. The first-order valence-corrected chi connectivity index (χ1v) is 18.7. The van der Waals surface area contributed by atoms with E-state index in [0.717, 1.165) is 0 Å². The van der Waals surface area contributed by atoms with Crippen molar-refractivity contribution in [2.75, 3.05) is 21.2 Å². The van der Waals surface area contributed by atoms with Gasteiger partial charge in [-0.2, -0.15) is 0 Å². The molecule has 2 bridgehead atoms. The number of methoxy groups -OCH3 is 1. The third-order valence-corrected chi connectivity index (χ3v) is 11.9. The summed E-state index contributed by atoms with van der Waals surface area (Å²) in [5.41, 5.74) is -3.91. The maximum Gasteiger partial charge on any atom is 0.311 e. The van der Waals surface area contributed by atoms with Crippen molar-refractivity contribution in [1.29, 1.82) is 0 Å². The minimum Gasteiger partial charge on any atom is -0.472 e. The molecule has 0 aromatic rings. The molecule has 0 spiro atoms. The monoisotopic (exact) mass is 730 g/mol. The van der Waals surface area contributed by atoms with Crippen LogP contribution in [0.2, 0.25) is 0 Å². The van der Waals surface area contributed by atoms with Gasteiger partial charge < -0.3 is 58.5 Å². The number of aliphatic hydroxyl groups is 4. The van der Waals surface area contributed by atoms with E-state index < -0.39 is 96.0 Å². The van der Waals surface area contributed by atoms with E-state index in [4.69, 9.17) is 38.2 Å². The second kappa shape index (κ2) is 16.1. The lowest BCUT2D eigenvalue weighted by Gasteiger charge is -2.48. The van der Waals surface area contributed by atoms with Crippen molar-refractivity contribution in [3.8, 4) is 0 Å². The van der Waals surface area contributed by atoms with Crippen molar-refractivity contribution < 1.29 is 58.4 Å². The summed E-state index contributed by atoms with van der Waals surface area (Å²) in [4.78, 5) is 20.9. The fraction of sp³-hybridized carbons (Fsp3) is 0.946. The topological polar surface area (TPSA) is 178 Å². The maximum atomic E-state index is 14.2. The average Bonchev–Trinajstić information content (AvgIpc) is 3.35. The highest BCUT2D eigenvalue weighted by molar-refractivity contribution is 5.81. The zero-order chi connectivity index (χ0) is 38.4. The molecule has 4 rings (SSSR count). The highest BCUT2D eigenvalue weighted by atomic mass is 16.7. The number of esters is 1. The molecule has 3 fully saturated rings. The Balaban J connectivity index is 1.85. The van der Waals surface area contributed by atoms with Gasteiger partial charge in [0.25, 0.3) is 0 Å². The van der Waals surface area contributed by atoms with Crippen LogP contribution in [0.25, 0.3) is 0 Å². The Bertz CT molecular complexity index is 1220. The highest BCUT2D eigenvalue weighted by Crippen LogP contribution is 2.44. The predicted molar refractivity (Wildman–Crippen MR) is 188 cm³/mol. The van der Waals surface area contributed by atoms with Gasteiger partial charge in [-0.25, -0.2) is 4.99 Å². The molecule has 296 valence electrons. The van der Waals surface area contributed by atoms with Crippen LogP contribution < -0.4 is 0 Å². The minimum absolute atomic E-state index is 0.163. The number of carbonyl (C=O) groups is 1.